The zero-order chi connectivity index (χ0) is 70.3. The number of aromatic hydroxyl groups is 1. The lowest BCUT2D eigenvalue weighted by Crippen LogP contribution is -2.49. The fourth-order valence-electron chi connectivity index (χ4n) is 10.3. The molecule has 0 saturated carbocycles. The highest BCUT2D eigenvalue weighted by Gasteiger charge is 2.29. The summed E-state index contributed by atoms with van der Waals surface area (Å²) in [6, 6.07) is 26.9. The Morgan fingerprint density at radius 3 is 1.68 bits per heavy atom. The van der Waals surface area contributed by atoms with Crippen molar-refractivity contribution in [3.8, 4) is 11.5 Å². The molecule has 4 aromatic carbocycles. The van der Waals surface area contributed by atoms with Crippen LogP contribution in [-0.2, 0) is 51.4 Å². The van der Waals surface area contributed by atoms with E-state index in [-0.39, 0.29) is 146 Å². The van der Waals surface area contributed by atoms with E-state index in [0.29, 0.717) is 93.8 Å². The Bertz CT molecular complexity index is 3170. The minimum absolute atomic E-state index is 0.0419. The van der Waals surface area contributed by atoms with Gasteiger partial charge in [-0.15, -0.1) is 0 Å². The number of unbranched alkanes of at least 4 members (excludes halogenated alkanes) is 2. The first-order valence-electron chi connectivity index (χ1n) is 32.6. The molecule has 3 atom stereocenters. The summed E-state index contributed by atoms with van der Waals surface area (Å²) in [5.74, 6) is -5.53. The summed E-state index contributed by atoms with van der Waals surface area (Å²) in [6.45, 7) is 4.86. The fraction of sp³-hybridized carbons (Fsp3) is 0.478. The van der Waals surface area contributed by atoms with Gasteiger partial charge in [0.15, 0.2) is 5.96 Å². The van der Waals surface area contributed by atoms with Gasteiger partial charge in [0.2, 0.25) is 29.5 Å². The first-order chi connectivity index (χ1) is 46.6. The van der Waals surface area contributed by atoms with Gasteiger partial charge in [0.1, 0.15) is 17.5 Å². The predicted molar refractivity (Wildman–Crippen MR) is 361 cm³/mol. The summed E-state index contributed by atoms with van der Waals surface area (Å²) in [5.41, 5.74) is 15.3. The van der Waals surface area contributed by atoms with Crippen LogP contribution < -0.4 is 58.7 Å². The third-order valence-corrected chi connectivity index (χ3v) is 15.6. The van der Waals surface area contributed by atoms with Crippen molar-refractivity contribution in [3.05, 3.63) is 131 Å². The number of carboxylic acids is 3. The predicted octanol–water partition coefficient (Wildman–Crippen LogP) is 0.540. The Kier molecular flexibility index (Phi) is 34.8. The van der Waals surface area contributed by atoms with Gasteiger partial charge in [-0.2, -0.15) is 0 Å². The number of aliphatic carboxylic acids is 3. The molecular formula is C67H95N15O15. The molecule has 1 aliphatic heterocycles. The van der Waals surface area contributed by atoms with E-state index < -0.39 is 53.8 Å². The number of phenols is 1. The smallest absolute Gasteiger partial charge is 0.321 e. The van der Waals surface area contributed by atoms with Crippen LogP contribution >= 0.6 is 0 Å². The molecule has 4 aromatic rings. The Balaban J connectivity index is 1.02. The van der Waals surface area contributed by atoms with E-state index in [1.807, 2.05) is 35.2 Å². The van der Waals surface area contributed by atoms with Crippen LogP contribution in [0.15, 0.2) is 108 Å². The molecule has 1 fully saturated rings. The van der Waals surface area contributed by atoms with Crippen molar-refractivity contribution >= 4 is 65.3 Å². The quantitative estimate of drug-likeness (QED) is 0.0165. The highest BCUT2D eigenvalue weighted by atomic mass is 16.5. The summed E-state index contributed by atoms with van der Waals surface area (Å²) in [5, 5.41) is 60.3. The van der Waals surface area contributed by atoms with Crippen LogP contribution in [0.4, 0.5) is 4.79 Å². The zero-order valence-corrected chi connectivity index (χ0v) is 55.0. The molecule has 1 aliphatic rings. The number of carboxylic acid groups (broad SMARTS) is 3. The van der Waals surface area contributed by atoms with Gasteiger partial charge in [-0.25, -0.2) is 4.79 Å². The molecule has 5 rings (SSSR count). The number of ether oxygens (including phenoxy) is 1. The van der Waals surface area contributed by atoms with Gasteiger partial charge in [-0.05, 0) is 104 Å². The van der Waals surface area contributed by atoms with Crippen molar-refractivity contribution < 1.29 is 73.1 Å². The maximum atomic E-state index is 14.5. The van der Waals surface area contributed by atoms with Crippen molar-refractivity contribution in [1.82, 2.24) is 62.1 Å². The molecule has 0 radical (unpaired) electrons. The number of carbonyl (C=O) groups is 10. The second kappa shape index (κ2) is 43.3. The maximum Gasteiger partial charge on any atom is 0.321 e. The van der Waals surface area contributed by atoms with Crippen molar-refractivity contribution in [1.29, 1.82) is 0 Å². The average molecular weight is 1350 g/mol. The minimum atomic E-state index is -1.05. The normalized spacial score (nSPS) is 14.6. The number of aliphatic imine (C=N–C) groups is 1. The third kappa shape index (κ3) is 31.6. The molecular weight excluding hydrogens is 1250 g/mol. The maximum absolute atomic E-state index is 14.5. The molecule has 1 heterocycles. The Labute approximate surface area is 564 Å². The van der Waals surface area contributed by atoms with E-state index in [1.54, 1.807) is 82.3 Å². The monoisotopic (exact) mass is 1350 g/mol. The molecule has 8 amide bonds. The van der Waals surface area contributed by atoms with Crippen LogP contribution in [0, 0.1) is 0 Å². The van der Waals surface area contributed by atoms with Gasteiger partial charge < -0.3 is 73.8 Å². The molecule has 30 nitrogen and oxygen atoms in total. The lowest BCUT2D eigenvalue weighted by Gasteiger charge is -2.32. The third-order valence-electron chi connectivity index (χ3n) is 15.6. The molecule has 97 heavy (non-hydrogen) atoms. The highest BCUT2D eigenvalue weighted by molar-refractivity contribution is 5.96. The van der Waals surface area contributed by atoms with E-state index in [0.717, 1.165) is 11.1 Å². The van der Waals surface area contributed by atoms with Crippen molar-refractivity contribution in [3.63, 3.8) is 0 Å². The largest absolute Gasteiger partial charge is 0.508 e. The van der Waals surface area contributed by atoms with Gasteiger partial charge in [-0.1, -0.05) is 73.7 Å². The standard InChI is InChI=1S/C67H95N15O15/c1-2-56(84)70-29-30-74-67(96)78-66(69)73-28-11-17-55(64(94)76-42-48-20-24-52(83)25-21-48)77-65(95)61(49-12-4-3-5-13-49)51-14-10-15-53(40-51)97-39-9-8-27-72-63(93)54(68)16-6-7-26-71-62(92)50-22-18-47(19-23-50)41-75-57(85)43-79-31-33-80(44-58(86)87)35-37-82(46-60(90)91)38-36-81(34-32-79)45-59(88)89/h3-5,10,12-15,18-25,40,54-55,61,83H,2,6-9,11,16-17,26-39,41-46,68H2,1H3,(H,70,84)(H,71,92)(H,72,93)(H,75,85)(H,76,94)(H,77,95)(H,86,87)(H,88,89)(H,90,91)(H4,69,73,74,78,96)/t54-,55-,61?/m1/s1. The lowest BCUT2D eigenvalue weighted by atomic mass is 9.90. The molecule has 0 bridgehead atoms. The number of urea groups is 1. The van der Waals surface area contributed by atoms with E-state index in [4.69, 9.17) is 16.2 Å². The van der Waals surface area contributed by atoms with Crippen LogP contribution in [0.2, 0.25) is 0 Å². The number of nitrogens with one attached hydrogen (secondary N) is 8. The van der Waals surface area contributed by atoms with E-state index in [2.05, 4.69) is 47.5 Å². The number of benzene rings is 4. The first kappa shape index (κ1) is 78.0. The van der Waals surface area contributed by atoms with Crippen LogP contribution in [0.3, 0.4) is 0 Å². The van der Waals surface area contributed by atoms with Gasteiger partial charge in [-0.3, -0.25) is 73.1 Å². The second-order valence-corrected chi connectivity index (χ2v) is 23.3. The minimum Gasteiger partial charge on any atom is -0.508 e. The molecule has 1 saturated heterocycles. The van der Waals surface area contributed by atoms with E-state index in [1.165, 1.54) is 12.1 Å². The van der Waals surface area contributed by atoms with Crippen LogP contribution in [0.1, 0.15) is 96.8 Å². The first-order valence-corrected chi connectivity index (χ1v) is 32.6. The Morgan fingerprint density at radius 1 is 0.536 bits per heavy atom. The number of guanidine groups is 1. The van der Waals surface area contributed by atoms with Gasteiger partial charge in [0.05, 0.1) is 44.7 Å². The van der Waals surface area contributed by atoms with Crippen LogP contribution in [-0.4, -0.2) is 235 Å². The average Bonchev–Trinajstić information content (AvgIpc) is 0.827. The molecule has 0 aliphatic carbocycles. The molecule has 0 spiro atoms. The van der Waals surface area contributed by atoms with E-state index in [9.17, 15) is 68.4 Å². The number of amides is 8. The Hall–Kier alpha value is -9.75. The van der Waals surface area contributed by atoms with Crippen molar-refractivity contribution in [2.75, 3.05) is 118 Å². The molecule has 30 heteroatoms. The lowest BCUT2D eigenvalue weighted by molar-refractivity contribution is -0.140. The van der Waals surface area contributed by atoms with Crippen molar-refractivity contribution in [2.45, 2.75) is 89.4 Å². The summed E-state index contributed by atoms with van der Waals surface area (Å²) >= 11 is 0. The summed E-state index contributed by atoms with van der Waals surface area (Å²) in [6.07, 6.45) is 3.48. The Morgan fingerprint density at radius 2 is 1.08 bits per heavy atom. The van der Waals surface area contributed by atoms with Gasteiger partial charge >= 0.3 is 23.9 Å². The molecule has 1 unspecified atom stereocenters. The molecule has 16 N–H and O–H groups in total. The summed E-state index contributed by atoms with van der Waals surface area (Å²) in [7, 11) is 0. The van der Waals surface area contributed by atoms with Gasteiger partial charge in [0.25, 0.3) is 5.91 Å². The van der Waals surface area contributed by atoms with Gasteiger partial charge in [0, 0.05) is 110 Å². The SMILES string of the molecule is CCC(=O)NCCNC(=O)NC(N)=NCCC[C@@H](NC(=O)C(c1ccccc1)c1cccc(OCCCCNC(=O)[C@H](N)CCCCNC(=O)c2ccc(CNC(=O)CN3CCN(CC(=O)O)CCN(CC(=O)O)CCN(CC(=O)O)CC3)cc2)c1)C(=O)NCc1ccc(O)cc1. The highest BCUT2D eigenvalue weighted by Crippen LogP contribution is 2.28. The molecule has 0 aromatic heterocycles. The zero-order valence-electron chi connectivity index (χ0n) is 55.0. The molecule has 528 valence electrons. The number of hydrogen-bond donors (Lipinski definition) is 14. The fourth-order valence-corrected chi connectivity index (χ4v) is 10.3. The number of rotatable bonds is 38. The second-order valence-electron chi connectivity index (χ2n) is 23.3. The van der Waals surface area contributed by atoms with E-state index >= 15 is 0 Å². The topological polar surface area (TPSA) is 434 Å². The number of nitrogens with two attached hydrogens (primary N) is 2. The number of phenolic OH excluding ortho intramolecular Hbond substituents is 1. The van der Waals surface area contributed by atoms with Crippen LogP contribution in [0.5, 0.6) is 11.5 Å². The number of nitrogens with zero attached hydrogens (tertiary/aromatic N) is 5. The van der Waals surface area contributed by atoms with Crippen molar-refractivity contribution in [2.24, 2.45) is 16.5 Å². The summed E-state index contributed by atoms with van der Waals surface area (Å²) in [4.78, 5) is 137. The van der Waals surface area contributed by atoms with Crippen LogP contribution in [0.25, 0.3) is 0 Å². The number of carbonyl (C=O) groups excluding carboxylic acids is 7. The summed E-state index contributed by atoms with van der Waals surface area (Å²) < 4.78 is 6.13. The number of hydrogen-bond acceptors (Lipinski definition) is 18.